The van der Waals surface area contributed by atoms with Gasteiger partial charge in [0.15, 0.2) is 0 Å². The highest BCUT2D eigenvalue weighted by molar-refractivity contribution is 5.84. The number of hydrogen-bond donors (Lipinski definition) is 1. The molecule has 1 N–H and O–H groups in total. The standard InChI is InChI=1S/C17H15FN2O/c1-2-20(14-9-7-13(18)8-10-14)16-11-12-5-3-4-6-15(12)17(21)19-16/h3-11H,2H2,1H3,(H,19,21). The maximum absolute atomic E-state index is 13.1. The molecular weight excluding hydrogens is 267 g/mol. The molecule has 0 aliphatic rings. The van der Waals surface area contributed by atoms with E-state index in [4.69, 9.17) is 0 Å². The smallest absolute Gasteiger partial charge is 0.257 e. The minimum atomic E-state index is -0.276. The molecule has 3 aromatic rings. The molecule has 0 bridgehead atoms. The highest BCUT2D eigenvalue weighted by Gasteiger charge is 2.10. The Morgan fingerprint density at radius 2 is 1.81 bits per heavy atom. The highest BCUT2D eigenvalue weighted by atomic mass is 19.1. The van der Waals surface area contributed by atoms with Gasteiger partial charge in [-0.15, -0.1) is 0 Å². The van der Waals surface area contributed by atoms with Crippen molar-refractivity contribution in [1.29, 1.82) is 0 Å². The average Bonchev–Trinajstić information content (AvgIpc) is 2.50. The lowest BCUT2D eigenvalue weighted by atomic mass is 10.1. The van der Waals surface area contributed by atoms with Crippen LogP contribution in [0.2, 0.25) is 0 Å². The Kier molecular flexibility index (Phi) is 3.44. The van der Waals surface area contributed by atoms with E-state index in [-0.39, 0.29) is 11.4 Å². The zero-order chi connectivity index (χ0) is 14.8. The summed E-state index contributed by atoms with van der Waals surface area (Å²) >= 11 is 0. The third-order valence-corrected chi connectivity index (χ3v) is 3.48. The van der Waals surface area contributed by atoms with Crippen LogP contribution in [-0.2, 0) is 0 Å². The molecular formula is C17H15FN2O. The molecule has 4 heteroatoms. The van der Waals surface area contributed by atoms with Crippen LogP contribution in [0.3, 0.4) is 0 Å². The first-order valence-corrected chi connectivity index (χ1v) is 6.84. The van der Waals surface area contributed by atoms with E-state index in [1.54, 1.807) is 18.2 Å². The maximum Gasteiger partial charge on any atom is 0.257 e. The Labute approximate surface area is 121 Å². The molecule has 0 amide bonds. The zero-order valence-electron chi connectivity index (χ0n) is 11.6. The largest absolute Gasteiger partial charge is 0.328 e. The SMILES string of the molecule is CCN(c1ccc(F)cc1)c1cc2ccccc2c(=O)[nH]1. The molecule has 0 saturated heterocycles. The number of fused-ring (bicyclic) bond motifs is 1. The van der Waals surface area contributed by atoms with Gasteiger partial charge in [0.2, 0.25) is 0 Å². The first-order chi connectivity index (χ1) is 10.2. The lowest BCUT2D eigenvalue weighted by Crippen LogP contribution is -2.20. The molecule has 106 valence electrons. The molecule has 3 rings (SSSR count). The van der Waals surface area contributed by atoms with E-state index < -0.39 is 0 Å². The van der Waals surface area contributed by atoms with Crippen molar-refractivity contribution in [2.75, 3.05) is 11.4 Å². The number of hydrogen-bond acceptors (Lipinski definition) is 2. The van der Waals surface area contributed by atoms with Crippen molar-refractivity contribution in [3.05, 3.63) is 70.8 Å². The summed E-state index contributed by atoms with van der Waals surface area (Å²) in [6.45, 7) is 2.65. The van der Waals surface area contributed by atoms with Crippen LogP contribution in [0.5, 0.6) is 0 Å². The molecule has 0 spiro atoms. The highest BCUT2D eigenvalue weighted by Crippen LogP contribution is 2.24. The lowest BCUT2D eigenvalue weighted by Gasteiger charge is -2.23. The Balaban J connectivity index is 2.13. The summed E-state index contributed by atoms with van der Waals surface area (Å²) in [5, 5.41) is 1.55. The molecule has 3 nitrogen and oxygen atoms in total. The molecule has 21 heavy (non-hydrogen) atoms. The van der Waals surface area contributed by atoms with Gasteiger partial charge in [0, 0.05) is 17.6 Å². The van der Waals surface area contributed by atoms with Crippen molar-refractivity contribution in [3.63, 3.8) is 0 Å². The molecule has 0 saturated carbocycles. The second-order valence-electron chi connectivity index (χ2n) is 4.79. The van der Waals surface area contributed by atoms with E-state index in [0.29, 0.717) is 17.7 Å². The molecule has 0 radical (unpaired) electrons. The minimum Gasteiger partial charge on any atom is -0.328 e. The van der Waals surface area contributed by atoms with Gasteiger partial charge >= 0.3 is 0 Å². The van der Waals surface area contributed by atoms with Gasteiger partial charge in [-0.3, -0.25) is 4.79 Å². The summed E-state index contributed by atoms with van der Waals surface area (Å²) in [6, 6.07) is 15.6. The van der Waals surface area contributed by atoms with Crippen molar-refractivity contribution < 1.29 is 4.39 Å². The molecule has 0 atom stereocenters. The van der Waals surface area contributed by atoms with Gasteiger partial charge in [0.25, 0.3) is 5.56 Å². The third kappa shape index (κ3) is 2.52. The number of halogens is 1. The van der Waals surface area contributed by atoms with E-state index in [0.717, 1.165) is 11.1 Å². The van der Waals surface area contributed by atoms with Gasteiger partial charge in [-0.25, -0.2) is 4.39 Å². The zero-order valence-corrected chi connectivity index (χ0v) is 11.6. The van der Waals surface area contributed by atoms with Crippen LogP contribution < -0.4 is 10.5 Å². The van der Waals surface area contributed by atoms with Crippen LogP contribution in [0.15, 0.2) is 59.4 Å². The predicted octanol–water partition coefficient (Wildman–Crippen LogP) is 3.83. The van der Waals surface area contributed by atoms with Gasteiger partial charge < -0.3 is 9.88 Å². The number of nitrogens with zero attached hydrogens (tertiary/aromatic N) is 1. The van der Waals surface area contributed by atoms with E-state index in [9.17, 15) is 9.18 Å². The topological polar surface area (TPSA) is 36.1 Å². The summed E-state index contributed by atoms with van der Waals surface area (Å²) in [5.74, 6) is 0.426. The van der Waals surface area contributed by atoms with Crippen LogP contribution in [0.25, 0.3) is 10.8 Å². The normalized spacial score (nSPS) is 10.8. The fraction of sp³-hybridized carbons (Fsp3) is 0.118. The summed E-state index contributed by atoms with van der Waals surface area (Å²) < 4.78 is 13.1. The van der Waals surface area contributed by atoms with Crippen LogP contribution in [0, 0.1) is 5.82 Å². The Morgan fingerprint density at radius 3 is 2.52 bits per heavy atom. The number of anilines is 2. The van der Waals surface area contributed by atoms with Gasteiger partial charge in [-0.1, -0.05) is 18.2 Å². The lowest BCUT2D eigenvalue weighted by molar-refractivity contribution is 0.628. The predicted molar refractivity (Wildman–Crippen MR) is 83.6 cm³/mol. The molecule has 2 aromatic carbocycles. The van der Waals surface area contributed by atoms with Crippen LogP contribution in [0.1, 0.15) is 6.92 Å². The first kappa shape index (κ1) is 13.4. The van der Waals surface area contributed by atoms with Crippen LogP contribution >= 0.6 is 0 Å². The van der Waals surface area contributed by atoms with Crippen molar-refractivity contribution in [2.24, 2.45) is 0 Å². The monoisotopic (exact) mass is 282 g/mol. The second kappa shape index (κ2) is 5.40. The number of pyridine rings is 1. The molecule has 0 unspecified atom stereocenters. The van der Waals surface area contributed by atoms with Crippen LogP contribution in [0.4, 0.5) is 15.9 Å². The van der Waals surface area contributed by atoms with Gasteiger partial charge in [-0.05, 0) is 48.7 Å². The quantitative estimate of drug-likeness (QED) is 0.792. The Bertz CT molecular complexity index is 824. The van der Waals surface area contributed by atoms with Crippen molar-refractivity contribution in [2.45, 2.75) is 6.92 Å². The molecule has 0 aliphatic carbocycles. The summed E-state index contributed by atoms with van der Waals surface area (Å²) in [7, 11) is 0. The van der Waals surface area contributed by atoms with Gasteiger partial charge in [0.05, 0.1) is 0 Å². The van der Waals surface area contributed by atoms with E-state index >= 15 is 0 Å². The average molecular weight is 282 g/mol. The van der Waals surface area contributed by atoms with Gasteiger partial charge in [0.1, 0.15) is 11.6 Å². The molecule has 0 aliphatic heterocycles. The second-order valence-corrected chi connectivity index (χ2v) is 4.79. The molecule has 1 aromatic heterocycles. The molecule has 0 fully saturated rings. The summed E-state index contributed by atoms with van der Waals surface area (Å²) in [4.78, 5) is 17.0. The number of benzene rings is 2. The van der Waals surface area contributed by atoms with E-state index in [1.807, 2.05) is 36.1 Å². The first-order valence-electron chi connectivity index (χ1n) is 6.84. The number of nitrogens with one attached hydrogen (secondary N) is 1. The summed E-state index contributed by atoms with van der Waals surface area (Å²) in [5.41, 5.74) is 0.716. The van der Waals surface area contributed by atoms with Crippen molar-refractivity contribution in [1.82, 2.24) is 4.98 Å². The summed E-state index contributed by atoms with van der Waals surface area (Å²) in [6.07, 6.45) is 0. The Hall–Kier alpha value is -2.62. The number of rotatable bonds is 3. The maximum atomic E-state index is 13.1. The number of H-pyrrole nitrogens is 1. The fourth-order valence-electron chi connectivity index (χ4n) is 2.46. The van der Waals surface area contributed by atoms with E-state index in [1.165, 1.54) is 12.1 Å². The van der Waals surface area contributed by atoms with Crippen molar-refractivity contribution in [3.8, 4) is 0 Å². The van der Waals surface area contributed by atoms with E-state index in [2.05, 4.69) is 4.98 Å². The number of aromatic nitrogens is 1. The molecule has 1 heterocycles. The van der Waals surface area contributed by atoms with Gasteiger partial charge in [-0.2, -0.15) is 0 Å². The fourth-order valence-corrected chi connectivity index (χ4v) is 2.46. The van der Waals surface area contributed by atoms with Crippen molar-refractivity contribution >= 4 is 22.3 Å². The Morgan fingerprint density at radius 1 is 1.10 bits per heavy atom. The van der Waals surface area contributed by atoms with Crippen LogP contribution in [-0.4, -0.2) is 11.5 Å². The minimum absolute atomic E-state index is 0.122. The number of aromatic amines is 1. The third-order valence-electron chi connectivity index (χ3n) is 3.48.